The van der Waals surface area contributed by atoms with Crippen LogP contribution in [0.1, 0.15) is 27.3 Å². The molecule has 0 saturated carbocycles. The van der Waals surface area contributed by atoms with Crippen LogP contribution >= 0.6 is 0 Å². The van der Waals surface area contributed by atoms with Crippen LogP contribution in [0.2, 0.25) is 0 Å². The first-order chi connectivity index (χ1) is 17.0. The van der Waals surface area contributed by atoms with Gasteiger partial charge in [0.1, 0.15) is 11.6 Å². The Bertz CT molecular complexity index is 1580. The minimum atomic E-state index is -0.377. The highest BCUT2D eigenvalue weighted by molar-refractivity contribution is 6.04. The Balaban J connectivity index is 1.38. The van der Waals surface area contributed by atoms with E-state index >= 15 is 0 Å². The van der Waals surface area contributed by atoms with Crippen molar-refractivity contribution in [1.29, 1.82) is 5.26 Å². The van der Waals surface area contributed by atoms with Crippen LogP contribution in [0.15, 0.2) is 72.9 Å². The SMILES string of the molecule is Cc1cc(C)nc(Nc2ccc(C(=O)Nc3c(C#N)cnn3-c3ccc4ccccc4n3)cc2)n1. The zero-order chi connectivity index (χ0) is 24.4. The largest absolute Gasteiger partial charge is 0.324 e. The minimum Gasteiger partial charge on any atom is -0.324 e. The Labute approximate surface area is 201 Å². The molecule has 0 unspecified atom stereocenters. The third-order valence-corrected chi connectivity index (χ3v) is 5.31. The molecular formula is C26H20N8O. The highest BCUT2D eigenvalue weighted by Crippen LogP contribution is 2.22. The van der Waals surface area contributed by atoms with E-state index in [1.807, 2.05) is 50.2 Å². The van der Waals surface area contributed by atoms with Gasteiger partial charge in [0.25, 0.3) is 5.91 Å². The lowest BCUT2D eigenvalue weighted by atomic mass is 10.2. The quantitative estimate of drug-likeness (QED) is 0.390. The van der Waals surface area contributed by atoms with Crippen LogP contribution in [0.3, 0.4) is 0 Å². The van der Waals surface area contributed by atoms with Crippen molar-refractivity contribution in [2.24, 2.45) is 0 Å². The molecule has 0 fully saturated rings. The van der Waals surface area contributed by atoms with Crippen LogP contribution in [0.5, 0.6) is 0 Å². The normalized spacial score (nSPS) is 10.7. The number of amides is 1. The number of anilines is 3. The van der Waals surface area contributed by atoms with E-state index in [-0.39, 0.29) is 17.3 Å². The summed E-state index contributed by atoms with van der Waals surface area (Å²) in [4.78, 5) is 26.4. The van der Waals surface area contributed by atoms with Gasteiger partial charge in [-0.3, -0.25) is 4.79 Å². The van der Waals surface area contributed by atoms with E-state index in [1.54, 1.807) is 30.3 Å². The lowest BCUT2D eigenvalue weighted by molar-refractivity contribution is 0.102. The zero-order valence-electron chi connectivity index (χ0n) is 19.0. The Morgan fingerprint density at radius 3 is 2.43 bits per heavy atom. The number of carbonyl (C=O) groups excluding carboxylic acids is 1. The number of rotatable bonds is 5. The lowest BCUT2D eigenvalue weighted by Gasteiger charge is -2.11. The number of hydrogen-bond acceptors (Lipinski definition) is 7. The molecule has 35 heavy (non-hydrogen) atoms. The van der Waals surface area contributed by atoms with Gasteiger partial charge in [0.2, 0.25) is 5.95 Å². The summed E-state index contributed by atoms with van der Waals surface area (Å²) >= 11 is 0. The third-order valence-electron chi connectivity index (χ3n) is 5.31. The molecule has 0 radical (unpaired) electrons. The molecule has 2 N–H and O–H groups in total. The van der Waals surface area contributed by atoms with Crippen LogP contribution < -0.4 is 10.6 Å². The summed E-state index contributed by atoms with van der Waals surface area (Å²) in [5, 5.41) is 20.8. The summed E-state index contributed by atoms with van der Waals surface area (Å²) in [6, 6.07) is 22.3. The number of pyridine rings is 1. The van der Waals surface area contributed by atoms with Gasteiger partial charge in [-0.1, -0.05) is 18.2 Å². The molecule has 1 amide bonds. The second kappa shape index (κ2) is 9.03. The summed E-state index contributed by atoms with van der Waals surface area (Å²) in [5.41, 5.74) is 3.91. The topological polar surface area (TPSA) is 121 Å². The van der Waals surface area contributed by atoms with Crippen LogP contribution in [0.4, 0.5) is 17.5 Å². The smallest absolute Gasteiger partial charge is 0.256 e. The first kappa shape index (κ1) is 21.7. The van der Waals surface area contributed by atoms with Crippen LogP contribution in [0, 0.1) is 25.2 Å². The van der Waals surface area contributed by atoms with Gasteiger partial charge in [-0.05, 0) is 62.4 Å². The van der Waals surface area contributed by atoms with E-state index in [1.165, 1.54) is 10.9 Å². The maximum Gasteiger partial charge on any atom is 0.256 e. The highest BCUT2D eigenvalue weighted by Gasteiger charge is 2.17. The number of nitrogens with one attached hydrogen (secondary N) is 2. The van der Waals surface area contributed by atoms with Crippen LogP contribution in [-0.4, -0.2) is 30.6 Å². The average molecular weight is 461 g/mol. The van der Waals surface area contributed by atoms with Gasteiger partial charge in [-0.2, -0.15) is 15.0 Å². The van der Waals surface area contributed by atoms with Gasteiger partial charge < -0.3 is 10.6 Å². The van der Waals surface area contributed by atoms with E-state index in [0.29, 0.717) is 17.3 Å². The fourth-order valence-corrected chi connectivity index (χ4v) is 3.69. The molecule has 0 spiro atoms. The summed E-state index contributed by atoms with van der Waals surface area (Å²) in [6.45, 7) is 3.81. The van der Waals surface area contributed by atoms with Gasteiger partial charge in [0, 0.05) is 28.0 Å². The number of nitriles is 1. The number of nitrogens with zero attached hydrogens (tertiary/aromatic N) is 6. The van der Waals surface area contributed by atoms with Crippen molar-refractivity contribution in [1.82, 2.24) is 24.7 Å². The summed E-state index contributed by atoms with van der Waals surface area (Å²) < 4.78 is 1.45. The molecule has 9 nitrogen and oxygen atoms in total. The number of aromatic nitrogens is 5. The molecule has 3 heterocycles. The molecule has 0 aliphatic heterocycles. The van der Waals surface area contributed by atoms with E-state index < -0.39 is 0 Å². The Hall–Kier alpha value is -5.10. The third kappa shape index (κ3) is 4.54. The lowest BCUT2D eigenvalue weighted by Crippen LogP contribution is -2.16. The summed E-state index contributed by atoms with van der Waals surface area (Å²) in [7, 11) is 0. The molecule has 0 aliphatic rings. The fourth-order valence-electron chi connectivity index (χ4n) is 3.69. The van der Waals surface area contributed by atoms with Gasteiger partial charge >= 0.3 is 0 Å². The van der Waals surface area contributed by atoms with Crippen molar-refractivity contribution in [3.8, 4) is 11.9 Å². The Morgan fingerprint density at radius 2 is 1.69 bits per heavy atom. The van der Waals surface area contributed by atoms with Crippen molar-refractivity contribution < 1.29 is 4.79 Å². The van der Waals surface area contributed by atoms with E-state index in [4.69, 9.17) is 0 Å². The van der Waals surface area contributed by atoms with Gasteiger partial charge in [0.15, 0.2) is 11.6 Å². The maximum absolute atomic E-state index is 13.0. The molecule has 0 saturated heterocycles. The first-order valence-electron chi connectivity index (χ1n) is 10.9. The first-order valence-corrected chi connectivity index (χ1v) is 10.9. The predicted molar refractivity (Wildman–Crippen MR) is 133 cm³/mol. The van der Waals surface area contributed by atoms with E-state index in [9.17, 15) is 10.1 Å². The second-order valence-electron chi connectivity index (χ2n) is 7.92. The Kier molecular flexibility index (Phi) is 5.61. The molecule has 5 rings (SSSR count). The number of fused-ring (bicyclic) bond motifs is 1. The van der Waals surface area contributed by atoms with Crippen molar-refractivity contribution >= 4 is 34.3 Å². The molecule has 9 heteroatoms. The minimum absolute atomic E-state index is 0.235. The van der Waals surface area contributed by atoms with Crippen molar-refractivity contribution in [3.63, 3.8) is 0 Å². The molecule has 2 aromatic carbocycles. The zero-order valence-corrected chi connectivity index (χ0v) is 19.0. The van der Waals surface area contributed by atoms with Crippen LogP contribution in [0.25, 0.3) is 16.7 Å². The molecule has 3 aromatic heterocycles. The summed E-state index contributed by atoms with van der Waals surface area (Å²) in [6.07, 6.45) is 1.41. The monoisotopic (exact) mass is 460 g/mol. The molecule has 170 valence electrons. The van der Waals surface area contributed by atoms with Gasteiger partial charge in [-0.25, -0.2) is 15.0 Å². The highest BCUT2D eigenvalue weighted by atomic mass is 16.1. The predicted octanol–water partition coefficient (Wildman–Crippen LogP) is 4.69. The average Bonchev–Trinajstić information content (AvgIpc) is 3.26. The number of hydrogen-bond donors (Lipinski definition) is 2. The van der Waals surface area contributed by atoms with E-state index in [0.717, 1.165) is 28.0 Å². The molecule has 5 aromatic rings. The summed E-state index contributed by atoms with van der Waals surface area (Å²) in [5.74, 6) is 0.864. The standard InChI is InChI=1S/C26H20N8O/c1-16-13-17(2)30-26(29-16)31-21-10-7-19(8-11-21)25(35)33-24-20(14-27)15-28-34(24)23-12-9-18-5-3-4-6-22(18)32-23/h3-13,15H,1-2H3,(H,33,35)(H,29,30,31). The van der Waals surface area contributed by atoms with Crippen molar-refractivity contribution in [2.75, 3.05) is 10.6 Å². The molecule has 0 aliphatic carbocycles. The molecule has 0 bridgehead atoms. The van der Waals surface area contributed by atoms with Crippen LogP contribution in [-0.2, 0) is 0 Å². The number of benzene rings is 2. The Morgan fingerprint density at radius 1 is 0.943 bits per heavy atom. The molecule has 0 atom stereocenters. The second-order valence-corrected chi connectivity index (χ2v) is 7.92. The fraction of sp³-hybridized carbons (Fsp3) is 0.0769. The maximum atomic E-state index is 13.0. The number of para-hydroxylation sites is 1. The van der Waals surface area contributed by atoms with Crippen molar-refractivity contribution in [3.05, 3.63) is 95.4 Å². The number of carbonyl (C=O) groups is 1. The van der Waals surface area contributed by atoms with Gasteiger partial charge in [0.05, 0.1) is 11.7 Å². The van der Waals surface area contributed by atoms with E-state index in [2.05, 4.69) is 36.8 Å². The van der Waals surface area contributed by atoms with Gasteiger partial charge in [-0.15, -0.1) is 0 Å². The molecular weight excluding hydrogens is 440 g/mol. The van der Waals surface area contributed by atoms with Crippen molar-refractivity contribution in [2.45, 2.75) is 13.8 Å². The number of aryl methyl sites for hydroxylation is 2.